The van der Waals surface area contributed by atoms with Crippen LogP contribution in [0.2, 0.25) is 0 Å². The van der Waals surface area contributed by atoms with Crippen molar-refractivity contribution in [1.29, 1.82) is 0 Å². The summed E-state index contributed by atoms with van der Waals surface area (Å²) in [6.45, 7) is 6.27. The number of rotatable bonds is 7. The first-order valence-electron chi connectivity index (χ1n) is 9.61. The summed E-state index contributed by atoms with van der Waals surface area (Å²) in [6, 6.07) is 0. The summed E-state index contributed by atoms with van der Waals surface area (Å²) < 4.78 is 0. The maximum absolute atomic E-state index is 3.94. The van der Waals surface area contributed by atoms with E-state index in [9.17, 15) is 0 Å². The number of hydrogen-bond donors (Lipinski definition) is 0. The Morgan fingerprint density at radius 1 is 0.810 bits per heavy atom. The lowest BCUT2D eigenvalue weighted by Crippen LogP contribution is -2.14. The molecule has 0 saturated heterocycles. The first-order chi connectivity index (χ1) is 10.3. The Kier molecular flexibility index (Phi) is 7.61. The zero-order valence-electron chi connectivity index (χ0n) is 14.2. The van der Waals surface area contributed by atoms with Crippen molar-refractivity contribution >= 4 is 0 Å². The van der Waals surface area contributed by atoms with Crippen LogP contribution in [0, 0.1) is 23.7 Å². The second-order valence-corrected chi connectivity index (χ2v) is 7.59. The molecular formula is C21H36. The van der Waals surface area contributed by atoms with Crippen molar-refractivity contribution in [2.45, 2.75) is 84.0 Å². The van der Waals surface area contributed by atoms with E-state index in [0.29, 0.717) is 0 Å². The zero-order valence-corrected chi connectivity index (χ0v) is 14.2. The minimum atomic E-state index is 0.799. The molecule has 0 aromatic carbocycles. The van der Waals surface area contributed by atoms with Crippen molar-refractivity contribution in [3.8, 4) is 0 Å². The molecule has 120 valence electrons. The normalized spacial score (nSPS) is 34.1. The highest BCUT2D eigenvalue weighted by atomic mass is 14.3. The third kappa shape index (κ3) is 6.01. The molecule has 0 aromatic heterocycles. The summed E-state index contributed by atoms with van der Waals surface area (Å²) in [7, 11) is 0. The van der Waals surface area contributed by atoms with Crippen molar-refractivity contribution in [3.05, 3.63) is 24.8 Å². The van der Waals surface area contributed by atoms with Gasteiger partial charge in [-0.2, -0.15) is 0 Å². The van der Waals surface area contributed by atoms with E-state index in [1.54, 1.807) is 0 Å². The van der Waals surface area contributed by atoms with Gasteiger partial charge in [-0.15, -0.1) is 6.58 Å². The third-order valence-electron chi connectivity index (χ3n) is 5.96. The van der Waals surface area contributed by atoms with Crippen LogP contribution in [-0.4, -0.2) is 0 Å². The van der Waals surface area contributed by atoms with Gasteiger partial charge in [-0.1, -0.05) is 63.7 Å². The van der Waals surface area contributed by atoms with E-state index in [2.05, 4.69) is 31.7 Å². The second-order valence-electron chi connectivity index (χ2n) is 7.59. The van der Waals surface area contributed by atoms with Crippen LogP contribution in [0.3, 0.4) is 0 Å². The molecule has 0 spiro atoms. The summed E-state index contributed by atoms with van der Waals surface area (Å²) in [5.41, 5.74) is 0. The molecule has 0 bridgehead atoms. The largest absolute Gasteiger partial charge is 0.103 e. The Labute approximate surface area is 133 Å². The van der Waals surface area contributed by atoms with Crippen LogP contribution in [0.1, 0.15) is 84.0 Å². The summed E-state index contributed by atoms with van der Waals surface area (Å²) >= 11 is 0. The molecule has 2 aliphatic rings. The van der Waals surface area contributed by atoms with Crippen LogP contribution in [-0.2, 0) is 0 Å². The van der Waals surface area contributed by atoms with E-state index in [0.717, 1.165) is 23.7 Å². The number of hydrogen-bond acceptors (Lipinski definition) is 0. The van der Waals surface area contributed by atoms with E-state index in [-0.39, 0.29) is 0 Å². The fourth-order valence-corrected chi connectivity index (χ4v) is 4.41. The Bertz CT molecular complexity index is 298. The first kappa shape index (κ1) is 16.8. The molecule has 0 radical (unpaired) electrons. The topological polar surface area (TPSA) is 0 Å². The maximum Gasteiger partial charge on any atom is -0.0233 e. The molecule has 0 heterocycles. The van der Waals surface area contributed by atoms with Crippen LogP contribution >= 0.6 is 0 Å². The highest BCUT2D eigenvalue weighted by Gasteiger charge is 2.20. The van der Waals surface area contributed by atoms with Crippen LogP contribution in [0.5, 0.6) is 0 Å². The van der Waals surface area contributed by atoms with E-state index in [4.69, 9.17) is 0 Å². The molecule has 0 N–H and O–H groups in total. The zero-order chi connectivity index (χ0) is 14.9. The summed E-state index contributed by atoms with van der Waals surface area (Å²) in [5.74, 6) is 3.75. The molecule has 0 aromatic rings. The molecular weight excluding hydrogens is 252 g/mol. The average Bonchev–Trinajstić information content (AvgIpc) is 2.54. The highest BCUT2D eigenvalue weighted by molar-refractivity contribution is 4.94. The van der Waals surface area contributed by atoms with Gasteiger partial charge in [0, 0.05) is 0 Å². The van der Waals surface area contributed by atoms with E-state index >= 15 is 0 Å². The predicted molar refractivity (Wildman–Crippen MR) is 94.4 cm³/mol. The second kappa shape index (κ2) is 9.49. The molecule has 0 heteroatoms. The van der Waals surface area contributed by atoms with Gasteiger partial charge in [0.15, 0.2) is 0 Å². The summed E-state index contributed by atoms with van der Waals surface area (Å²) in [6.07, 6.45) is 24.3. The molecule has 0 unspecified atom stereocenters. The molecule has 2 saturated carbocycles. The first-order valence-corrected chi connectivity index (χ1v) is 9.61. The Morgan fingerprint density at radius 3 is 1.95 bits per heavy atom. The smallest absolute Gasteiger partial charge is 0.0233 e. The van der Waals surface area contributed by atoms with Crippen molar-refractivity contribution in [3.63, 3.8) is 0 Å². The Morgan fingerprint density at radius 2 is 1.38 bits per heavy atom. The average molecular weight is 289 g/mol. The monoisotopic (exact) mass is 288 g/mol. The molecule has 0 nitrogen and oxygen atoms in total. The third-order valence-corrected chi connectivity index (χ3v) is 5.96. The van der Waals surface area contributed by atoms with Crippen LogP contribution in [0.25, 0.3) is 0 Å². The molecule has 2 rings (SSSR count). The standard InChI is InChI=1S/C21H36/c1-3-7-19-14-16-21(17-15-19)9-6-5-8-20-12-10-18(4-2)11-13-20/h4-5,8,18-21H,2-3,6-7,9-17H2,1H3/t18-,19-,20-,21-. The van der Waals surface area contributed by atoms with Gasteiger partial charge in [-0.05, 0) is 62.2 Å². The minimum Gasteiger partial charge on any atom is -0.103 e. The molecule has 0 amide bonds. The van der Waals surface area contributed by atoms with Gasteiger partial charge >= 0.3 is 0 Å². The van der Waals surface area contributed by atoms with Gasteiger partial charge in [-0.25, -0.2) is 0 Å². The summed E-state index contributed by atoms with van der Waals surface area (Å²) in [4.78, 5) is 0. The van der Waals surface area contributed by atoms with Crippen molar-refractivity contribution in [2.75, 3.05) is 0 Å². The van der Waals surface area contributed by atoms with Crippen molar-refractivity contribution in [2.24, 2.45) is 23.7 Å². The van der Waals surface area contributed by atoms with E-state index in [1.807, 2.05) is 0 Å². The minimum absolute atomic E-state index is 0.799. The number of allylic oxidation sites excluding steroid dienone is 3. The fourth-order valence-electron chi connectivity index (χ4n) is 4.41. The lowest BCUT2D eigenvalue weighted by molar-refractivity contribution is 0.253. The Hall–Kier alpha value is -0.520. The van der Waals surface area contributed by atoms with E-state index < -0.39 is 0 Å². The van der Waals surface area contributed by atoms with Crippen molar-refractivity contribution in [1.82, 2.24) is 0 Å². The van der Waals surface area contributed by atoms with E-state index in [1.165, 1.54) is 77.0 Å². The Balaban J connectivity index is 1.55. The summed E-state index contributed by atoms with van der Waals surface area (Å²) in [5, 5.41) is 0. The SMILES string of the molecule is C=C[C@H]1CC[C@H](C=CCC[C@H]2CC[C@H](CCC)CC2)CC1. The van der Waals surface area contributed by atoms with Gasteiger partial charge in [0.25, 0.3) is 0 Å². The molecule has 2 aliphatic carbocycles. The van der Waals surface area contributed by atoms with Gasteiger partial charge in [0.05, 0.1) is 0 Å². The maximum atomic E-state index is 3.94. The van der Waals surface area contributed by atoms with Gasteiger partial charge < -0.3 is 0 Å². The predicted octanol–water partition coefficient (Wildman–Crippen LogP) is 6.92. The van der Waals surface area contributed by atoms with Crippen LogP contribution in [0.4, 0.5) is 0 Å². The van der Waals surface area contributed by atoms with Gasteiger partial charge in [-0.3, -0.25) is 0 Å². The molecule has 0 atom stereocenters. The molecule has 2 fully saturated rings. The lowest BCUT2D eigenvalue weighted by Gasteiger charge is -2.28. The van der Waals surface area contributed by atoms with Crippen molar-refractivity contribution < 1.29 is 0 Å². The fraction of sp³-hybridized carbons (Fsp3) is 0.810. The quantitative estimate of drug-likeness (QED) is 0.446. The van der Waals surface area contributed by atoms with Gasteiger partial charge in [0.1, 0.15) is 0 Å². The highest BCUT2D eigenvalue weighted by Crippen LogP contribution is 2.34. The lowest BCUT2D eigenvalue weighted by atomic mass is 9.78. The van der Waals surface area contributed by atoms with Gasteiger partial charge in [0.2, 0.25) is 0 Å². The molecule has 21 heavy (non-hydrogen) atoms. The van der Waals surface area contributed by atoms with Crippen LogP contribution in [0.15, 0.2) is 24.8 Å². The van der Waals surface area contributed by atoms with Crippen LogP contribution < -0.4 is 0 Å². The molecule has 0 aliphatic heterocycles.